The lowest BCUT2D eigenvalue weighted by molar-refractivity contribution is -0.159. The van der Waals surface area contributed by atoms with Crippen LogP contribution in [0, 0.1) is 5.92 Å². The van der Waals surface area contributed by atoms with Gasteiger partial charge in [-0.25, -0.2) is 0 Å². The van der Waals surface area contributed by atoms with E-state index in [9.17, 15) is 14.7 Å². The minimum absolute atomic E-state index is 0.0266. The third-order valence-electron chi connectivity index (χ3n) is 10.3. The smallest absolute Gasteiger partial charge is 0.305 e. The van der Waals surface area contributed by atoms with Gasteiger partial charge in [-0.3, -0.25) is 9.59 Å². The van der Waals surface area contributed by atoms with Crippen LogP contribution in [0.2, 0.25) is 0 Å². The van der Waals surface area contributed by atoms with E-state index in [0.29, 0.717) is 58.2 Å². The van der Waals surface area contributed by atoms with E-state index in [4.69, 9.17) is 18.9 Å². The predicted octanol–water partition coefficient (Wildman–Crippen LogP) is 12.5. The lowest BCUT2D eigenvalue weighted by Crippen LogP contribution is -2.29. The molecule has 330 valence electrons. The average Bonchev–Trinajstić information content (AvgIpc) is 3.20. The molecule has 0 aromatic heterocycles. The summed E-state index contributed by atoms with van der Waals surface area (Å²) < 4.78 is 23.3. The SMILES string of the molecule is CC/C=C\CCCCOC(CCC(=O)OCCCCCCN(CCO)CCCCCCCC(=O)OCC(CCCC)CCCCCC)OCCCC/C=C\CC. The van der Waals surface area contributed by atoms with Gasteiger partial charge in [-0.2, -0.15) is 0 Å². The summed E-state index contributed by atoms with van der Waals surface area (Å²) in [6, 6.07) is 0. The molecule has 1 unspecified atom stereocenters. The highest BCUT2D eigenvalue weighted by atomic mass is 16.7. The lowest BCUT2D eigenvalue weighted by atomic mass is 9.96. The molecule has 8 heteroatoms. The molecule has 0 aliphatic carbocycles. The van der Waals surface area contributed by atoms with Crippen molar-refractivity contribution in [3.05, 3.63) is 24.3 Å². The van der Waals surface area contributed by atoms with Gasteiger partial charge < -0.3 is 29.0 Å². The van der Waals surface area contributed by atoms with E-state index in [1.54, 1.807) is 0 Å². The van der Waals surface area contributed by atoms with Gasteiger partial charge in [0.05, 0.1) is 26.2 Å². The highest BCUT2D eigenvalue weighted by Gasteiger charge is 2.14. The topological polar surface area (TPSA) is 94.5 Å². The van der Waals surface area contributed by atoms with Crippen molar-refractivity contribution in [2.75, 3.05) is 52.7 Å². The van der Waals surface area contributed by atoms with Crippen LogP contribution in [0.15, 0.2) is 24.3 Å². The number of nitrogens with zero attached hydrogens (tertiary/aromatic N) is 1. The summed E-state index contributed by atoms with van der Waals surface area (Å²) in [6.07, 6.45) is 37.6. The molecule has 0 amide bonds. The molecule has 56 heavy (non-hydrogen) atoms. The lowest BCUT2D eigenvalue weighted by Gasteiger charge is -2.21. The Morgan fingerprint density at radius 1 is 0.518 bits per heavy atom. The van der Waals surface area contributed by atoms with E-state index in [-0.39, 0.29) is 24.8 Å². The van der Waals surface area contributed by atoms with Gasteiger partial charge in [0.25, 0.3) is 0 Å². The standard InChI is InChI=1S/C48H91NO7/c1-5-9-13-16-22-30-42-54-48(55-43-31-23-17-14-10-6-2)36-35-47(52)53-41-29-24-21-28-38-49(39-40-50)37-27-20-18-19-26-34-46(51)56-44-45(32-12-8-4)33-25-15-11-7-3/h9-10,13-14,45,48,50H,5-8,11-12,15-44H2,1-4H3/b13-9-,14-10-. The molecule has 0 bridgehead atoms. The molecule has 0 aliphatic heterocycles. The molecule has 0 rings (SSSR count). The second kappa shape index (κ2) is 44.4. The molecule has 0 radical (unpaired) electrons. The number of allylic oxidation sites excluding steroid dienone is 4. The number of rotatable bonds is 44. The Kier molecular flexibility index (Phi) is 43.0. The first-order valence-electron chi connectivity index (χ1n) is 23.7. The van der Waals surface area contributed by atoms with Gasteiger partial charge in [-0.05, 0) is 109 Å². The highest BCUT2D eigenvalue weighted by Crippen LogP contribution is 2.19. The number of carbonyl (C=O) groups is 2. The molecule has 0 aliphatic rings. The predicted molar refractivity (Wildman–Crippen MR) is 235 cm³/mol. The fraction of sp³-hybridized carbons (Fsp3) is 0.875. The van der Waals surface area contributed by atoms with Crippen LogP contribution >= 0.6 is 0 Å². The molecule has 0 aromatic carbocycles. The minimum Gasteiger partial charge on any atom is -0.466 e. The number of hydrogen-bond donors (Lipinski definition) is 1. The molecule has 8 nitrogen and oxygen atoms in total. The van der Waals surface area contributed by atoms with E-state index >= 15 is 0 Å². The van der Waals surface area contributed by atoms with Crippen molar-refractivity contribution in [1.29, 1.82) is 0 Å². The maximum absolute atomic E-state index is 12.5. The van der Waals surface area contributed by atoms with Crippen molar-refractivity contribution in [3.63, 3.8) is 0 Å². The normalized spacial score (nSPS) is 12.5. The van der Waals surface area contributed by atoms with Crippen LogP contribution in [-0.2, 0) is 28.5 Å². The molecule has 0 saturated carbocycles. The van der Waals surface area contributed by atoms with Crippen molar-refractivity contribution in [1.82, 2.24) is 4.90 Å². The summed E-state index contributed by atoms with van der Waals surface area (Å²) in [4.78, 5) is 27.2. The zero-order valence-corrected chi connectivity index (χ0v) is 37.3. The van der Waals surface area contributed by atoms with Crippen molar-refractivity contribution in [3.8, 4) is 0 Å². The molecule has 1 atom stereocenters. The van der Waals surface area contributed by atoms with Crippen LogP contribution in [0.3, 0.4) is 0 Å². The third kappa shape index (κ3) is 39.1. The average molecular weight is 794 g/mol. The molecule has 0 fully saturated rings. The van der Waals surface area contributed by atoms with Gasteiger partial charge in [0.2, 0.25) is 0 Å². The maximum atomic E-state index is 12.5. The Balaban J connectivity index is 4.11. The Bertz CT molecular complexity index is 871. The van der Waals surface area contributed by atoms with Gasteiger partial charge in [-0.1, -0.05) is 123 Å². The monoisotopic (exact) mass is 794 g/mol. The number of carbonyl (C=O) groups excluding carboxylic acids is 2. The number of aliphatic hydroxyl groups excluding tert-OH is 1. The fourth-order valence-corrected chi connectivity index (χ4v) is 6.79. The first-order valence-corrected chi connectivity index (χ1v) is 23.7. The first kappa shape index (κ1) is 54.3. The van der Waals surface area contributed by atoms with Crippen LogP contribution in [0.4, 0.5) is 0 Å². The van der Waals surface area contributed by atoms with Gasteiger partial charge in [0, 0.05) is 32.6 Å². The first-order chi connectivity index (χ1) is 27.5. The summed E-state index contributed by atoms with van der Waals surface area (Å²) in [6.45, 7) is 14.0. The molecule has 0 heterocycles. The van der Waals surface area contributed by atoms with Crippen molar-refractivity contribution < 1.29 is 33.6 Å². The van der Waals surface area contributed by atoms with E-state index in [0.717, 1.165) is 122 Å². The minimum atomic E-state index is -0.361. The van der Waals surface area contributed by atoms with Gasteiger partial charge in [-0.15, -0.1) is 0 Å². The van der Waals surface area contributed by atoms with Crippen LogP contribution in [-0.4, -0.2) is 80.9 Å². The van der Waals surface area contributed by atoms with Crippen molar-refractivity contribution in [2.45, 2.75) is 214 Å². The zero-order chi connectivity index (χ0) is 41.0. The molecule has 1 N–H and O–H groups in total. The number of aliphatic hydroxyl groups is 1. The largest absolute Gasteiger partial charge is 0.466 e. The summed E-state index contributed by atoms with van der Waals surface area (Å²) in [5.41, 5.74) is 0. The van der Waals surface area contributed by atoms with Gasteiger partial charge >= 0.3 is 11.9 Å². The summed E-state index contributed by atoms with van der Waals surface area (Å²) in [5, 5.41) is 9.57. The van der Waals surface area contributed by atoms with Crippen molar-refractivity contribution >= 4 is 11.9 Å². The van der Waals surface area contributed by atoms with E-state index in [2.05, 4.69) is 56.9 Å². The van der Waals surface area contributed by atoms with Crippen LogP contribution in [0.1, 0.15) is 207 Å². The molecular weight excluding hydrogens is 703 g/mol. The van der Waals surface area contributed by atoms with Crippen molar-refractivity contribution in [2.24, 2.45) is 5.92 Å². The highest BCUT2D eigenvalue weighted by molar-refractivity contribution is 5.69. The summed E-state index contributed by atoms with van der Waals surface area (Å²) in [5.74, 6) is 0.320. The summed E-state index contributed by atoms with van der Waals surface area (Å²) >= 11 is 0. The summed E-state index contributed by atoms with van der Waals surface area (Å²) in [7, 11) is 0. The Labute approximate surface area is 346 Å². The quantitative estimate of drug-likeness (QED) is 0.0282. The van der Waals surface area contributed by atoms with E-state index in [1.165, 1.54) is 51.4 Å². The molecule has 0 spiro atoms. The van der Waals surface area contributed by atoms with Crippen LogP contribution < -0.4 is 0 Å². The fourth-order valence-electron chi connectivity index (χ4n) is 6.79. The van der Waals surface area contributed by atoms with E-state index < -0.39 is 0 Å². The second-order valence-electron chi connectivity index (χ2n) is 15.7. The number of unbranched alkanes of at least 4 members (excludes halogenated alkanes) is 15. The number of esters is 2. The third-order valence-corrected chi connectivity index (χ3v) is 10.3. The molecule has 0 saturated heterocycles. The van der Waals surface area contributed by atoms with Gasteiger partial charge in [0.1, 0.15) is 0 Å². The van der Waals surface area contributed by atoms with Crippen LogP contribution in [0.5, 0.6) is 0 Å². The molecular formula is C48H91NO7. The Hall–Kier alpha value is -1.74. The Morgan fingerprint density at radius 3 is 1.66 bits per heavy atom. The number of ether oxygens (including phenoxy) is 4. The van der Waals surface area contributed by atoms with Gasteiger partial charge in [0.15, 0.2) is 6.29 Å². The second-order valence-corrected chi connectivity index (χ2v) is 15.7. The van der Waals surface area contributed by atoms with Crippen LogP contribution in [0.25, 0.3) is 0 Å². The molecule has 0 aromatic rings. The maximum Gasteiger partial charge on any atom is 0.305 e. The zero-order valence-electron chi connectivity index (χ0n) is 37.3. The Morgan fingerprint density at radius 2 is 1.05 bits per heavy atom. The van der Waals surface area contributed by atoms with E-state index in [1.807, 2.05) is 0 Å². The number of hydrogen-bond acceptors (Lipinski definition) is 8.